The molecule has 1 saturated carbocycles. The molecule has 0 N–H and O–H groups in total. The number of halogens is 2. The minimum atomic E-state index is -0.237. The first-order valence-electron chi connectivity index (χ1n) is 6.30. The van der Waals surface area contributed by atoms with Crippen molar-refractivity contribution in [3.63, 3.8) is 0 Å². The van der Waals surface area contributed by atoms with E-state index in [4.69, 9.17) is 4.74 Å². The first kappa shape index (κ1) is 12.9. The summed E-state index contributed by atoms with van der Waals surface area (Å²) < 4.78 is 19.6. The summed E-state index contributed by atoms with van der Waals surface area (Å²) in [6, 6.07) is 4.59. The quantitative estimate of drug-likeness (QED) is 0.768. The van der Waals surface area contributed by atoms with Crippen molar-refractivity contribution in [2.75, 3.05) is 0 Å². The van der Waals surface area contributed by atoms with Crippen LogP contribution in [0, 0.1) is 11.7 Å². The fourth-order valence-electron chi connectivity index (χ4n) is 2.41. The van der Waals surface area contributed by atoms with Gasteiger partial charge in [0.1, 0.15) is 11.6 Å². The summed E-state index contributed by atoms with van der Waals surface area (Å²) >= 11 is 3.33. The van der Waals surface area contributed by atoms with E-state index < -0.39 is 0 Å². The summed E-state index contributed by atoms with van der Waals surface area (Å²) in [5.41, 5.74) is 0. The predicted molar refractivity (Wildman–Crippen MR) is 70.8 cm³/mol. The van der Waals surface area contributed by atoms with Gasteiger partial charge in [0, 0.05) is 0 Å². The molecule has 94 valence electrons. The van der Waals surface area contributed by atoms with Gasteiger partial charge in [-0.1, -0.05) is 13.3 Å². The van der Waals surface area contributed by atoms with Crippen LogP contribution < -0.4 is 4.74 Å². The van der Waals surface area contributed by atoms with Crippen LogP contribution in [-0.2, 0) is 0 Å². The second kappa shape index (κ2) is 5.85. The molecule has 1 aliphatic rings. The van der Waals surface area contributed by atoms with Crippen LogP contribution in [0.25, 0.3) is 0 Å². The number of rotatable bonds is 3. The van der Waals surface area contributed by atoms with Gasteiger partial charge in [0.15, 0.2) is 0 Å². The van der Waals surface area contributed by atoms with E-state index >= 15 is 0 Å². The number of ether oxygens (including phenoxy) is 1. The Bertz CT molecular complexity index is 372. The molecule has 3 heteroatoms. The summed E-state index contributed by atoms with van der Waals surface area (Å²) in [7, 11) is 0. The lowest BCUT2D eigenvalue weighted by molar-refractivity contribution is 0.129. The molecule has 0 radical (unpaired) electrons. The van der Waals surface area contributed by atoms with Crippen LogP contribution in [0.15, 0.2) is 22.7 Å². The van der Waals surface area contributed by atoms with Crippen molar-refractivity contribution in [2.24, 2.45) is 5.92 Å². The molecule has 1 aromatic carbocycles. The first-order valence-corrected chi connectivity index (χ1v) is 7.10. The zero-order valence-electron chi connectivity index (χ0n) is 10.1. The van der Waals surface area contributed by atoms with Gasteiger partial charge in [0.25, 0.3) is 0 Å². The van der Waals surface area contributed by atoms with E-state index in [0.29, 0.717) is 10.6 Å². The van der Waals surface area contributed by atoms with Gasteiger partial charge in [-0.3, -0.25) is 0 Å². The van der Waals surface area contributed by atoms with E-state index in [1.165, 1.54) is 31.4 Å². The van der Waals surface area contributed by atoms with E-state index in [1.54, 1.807) is 6.07 Å². The number of hydrogen-bond donors (Lipinski definition) is 0. The van der Waals surface area contributed by atoms with Crippen LogP contribution in [0.2, 0.25) is 0 Å². The van der Waals surface area contributed by atoms with Crippen molar-refractivity contribution in [2.45, 2.75) is 45.1 Å². The molecule has 0 spiro atoms. The molecule has 0 heterocycles. The van der Waals surface area contributed by atoms with Gasteiger partial charge in [0.2, 0.25) is 0 Å². The average molecular weight is 301 g/mol. The van der Waals surface area contributed by atoms with Gasteiger partial charge < -0.3 is 4.74 Å². The Morgan fingerprint density at radius 3 is 2.59 bits per heavy atom. The van der Waals surface area contributed by atoms with E-state index in [2.05, 4.69) is 22.9 Å². The maximum Gasteiger partial charge on any atom is 0.134 e. The SMILES string of the molecule is CCC1CCC(Oc2ccc(F)cc2Br)CC1. The largest absolute Gasteiger partial charge is 0.489 e. The molecule has 1 nitrogen and oxygen atoms in total. The number of hydrogen-bond acceptors (Lipinski definition) is 1. The molecule has 0 aliphatic heterocycles. The molecular formula is C14H18BrFO. The Labute approximate surface area is 110 Å². The lowest BCUT2D eigenvalue weighted by atomic mass is 9.86. The topological polar surface area (TPSA) is 9.23 Å². The zero-order valence-corrected chi connectivity index (χ0v) is 11.7. The highest BCUT2D eigenvalue weighted by atomic mass is 79.9. The highest BCUT2D eigenvalue weighted by Gasteiger charge is 2.21. The summed E-state index contributed by atoms with van der Waals surface area (Å²) in [5, 5.41) is 0. The van der Waals surface area contributed by atoms with Gasteiger partial charge in [-0.05, 0) is 65.7 Å². The van der Waals surface area contributed by atoms with E-state index in [0.717, 1.165) is 24.5 Å². The smallest absolute Gasteiger partial charge is 0.134 e. The Morgan fingerprint density at radius 2 is 2.00 bits per heavy atom. The zero-order chi connectivity index (χ0) is 12.3. The molecule has 0 unspecified atom stereocenters. The Morgan fingerprint density at radius 1 is 1.29 bits per heavy atom. The summed E-state index contributed by atoms with van der Waals surface area (Å²) in [6.45, 7) is 2.25. The van der Waals surface area contributed by atoms with Crippen LogP contribution in [-0.4, -0.2) is 6.10 Å². The van der Waals surface area contributed by atoms with Crippen molar-refractivity contribution in [1.29, 1.82) is 0 Å². The summed E-state index contributed by atoms with van der Waals surface area (Å²) in [6.07, 6.45) is 6.29. The Hall–Kier alpha value is -0.570. The third-order valence-electron chi connectivity index (χ3n) is 3.56. The molecule has 1 fully saturated rings. The van der Waals surface area contributed by atoms with Crippen molar-refractivity contribution in [3.8, 4) is 5.75 Å². The van der Waals surface area contributed by atoms with Crippen molar-refractivity contribution < 1.29 is 9.13 Å². The van der Waals surface area contributed by atoms with E-state index in [1.807, 2.05) is 0 Å². The molecule has 1 aliphatic carbocycles. The highest BCUT2D eigenvalue weighted by molar-refractivity contribution is 9.10. The van der Waals surface area contributed by atoms with Gasteiger partial charge >= 0.3 is 0 Å². The first-order chi connectivity index (χ1) is 8.19. The van der Waals surface area contributed by atoms with Gasteiger partial charge in [-0.2, -0.15) is 0 Å². The monoisotopic (exact) mass is 300 g/mol. The second-order valence-electron chi connectivity index (χ2n) is 4.74. The molecule has 0 aromatic heterocycles. The van der Waals surface area contributed by atoms with Crippen LogP contribution in [0.5, 0.6) is 5.75 Å². The molecule has 0 saturated heterocycles. The fourth-order valence-corrected chi connectivity index (χ4v) is 2.85. The van der Waals surface area contributed by atoms with Crippen molar-refractivity contribution in [3.05, 3.63) is 28.5 Å². The predicted octanol–water partition coefficient (Wildman–Crippen LogP) is 4.94. The van der Waals surface area contributed by atoms with E-state index in [9.17, 15) is 4.39 Å². The Kier molecular flexibility index (Phi) is 4.43. The van der Waals surface area contributed by atoms with Gasteiger partial charge in [-0.15, -0.1) is 0 Å². The molecule has 0 bridgehead atoms. The third-order valence-corrected chi connectivity index (χ3v) is 4.18. The number of benzene rings is 1. The van der Waals surface area contributed by atoms with Gasteiger partial charge in [-0.25, -0.2) is 4.39 Å². The molecule has 2 rings (SSSR count). The summed E-state index contributed by atoms with van der Waals surface area (Å²) in [4.78, 5) is 0. The van der Waals surface area contributed by atoms with Gasteiger partial charge in [0.05, 0.1) is 10.6 Å². The van der Waals surface area contributed by atoms with Crippen molar-refractivity contribution >= 4 is 15.9 Å². The lowest BCUT2D eigenvalue weighted by Crippen LogP contribution is -2.24. The molecule has 0 atom stereocenters. The third kappa shape index (κ3) is 3.44. The van der Waals surface area contributed by atoms with Crippen LogP contribution >= 0.6 is 15.9 Å². The second-order valence-corrected chi connectivity index (χ2v) is 5.60. The van der Waals surface area contributed by atoms with Crippen LogP contribution in [0.1, 0.15) is 39.0 Å². The molecule has 0 amide bonds. The molecule has 17 heavy (non-hydrogen) atoms. The average Bonchev–Trinajstić information content (AvgIpc) is 2.34. The maximum absolute atomic E-state index is 12.9. The Balaban J connectivity index is 1.93. The molecule has 1 aromatic rings. The van der Waals surface area contributed by atoms with E-state index in [-0.39, 0.29) is 5.82 Å². The van der Waals surface area contributed by atoms with Crippen molar-refractivity contribution in [1.82, 2.24) is 0 Å². The highest BCUT2D eigenvalue weighted by Crippen LogP contribution is 2.32. The fraction of sp³-hybridized carbons (Fsp3) is 0.571. The summed E-state index contributed by atoms with van der Waals surface area (Å²) in [5.74, 6) is 1.39. The standard InChI is InChI=1S/C14H18BrFO/c1-2-10-3-6-12(7-4-10)17-14-8-5-11(16)9-13(14)15/h5,8-10,12H,2-4,6-7H2,1H3. The lowest BCUT2D eigenvalue weighted by Gasteiger charge is -2.28. The minimum Gasteiger partial charge on any atom is -0.489 e. The maximum atomic E-state index is 12.9. The van der Waals surface area contributed by atoms with Crippen LogP contribution in [0.4, 0.5) is 4.39 Å². The van der Waals surface area contributed by atoms with Crippen LogP contribution in [0.3, 0.4) is 0 Å². The minimum absolute atomic E-state index is 0.237. The normalized spacial score (nSPS) is 24.6. The molecular weight excluding hydrogens is 283 g/mol.